The summed E-state index contributed by atoms with van der Waals surface area (Å²) < 4.78 is 29.4. The molecule has 0 bridgehead atoms. The van der Waals surface area contributed by atoms with E-state index in [1.54, 1.807) is 20.8 Å². The zero-order valence-corrected chi connectivity index (χ0v) is 10.2. The van der Waals surface area contributed by atoms with Crippen molar-refractivity contribution in [1.29, 1.82) is 0 Å². The van der Waals surface area contributed by atoms with Crippen LogP contribution in [0.2, 0.25) is 0 Å². The van der Waals surface area contributed by atoms with Crippen molar-refractivity contribution >= 4 is 12.1 Å². The number of rotatable bonds is 4. The molecular formula is C10H17F2NO4. The highest BCUT2D eigenvalue weighted by Gasteiger charge is 2.31. The lowest BCUT2D eigenvalue weighted by atomic mass is 10.2. The lowest BCUT2D eigenvalue weighted by Gasteiger charge is -2.29. The number of aliphatic carboxylic acids is 1. The number of carbonyl (C=O) groups is 2. The van der Waals surface area contributed by atoms with Crippen LogP contribution in [-0.2, 0) is 9.53 Å². The minimum absolute atomic E-state index is 0.498. The van der Waals surface area contributed by atoms with Crippen molar-refractivity contribution in [2.75, 3.05) is 6.54 Å². The number of carboxylic acid groups (broad SMARTS) is 1. The third-order valence-corrected chi connectivity index (χ3v) is 1.79. The molecule has 5 nitrogen and oxygen atoms in total. The fraction of sp³-hybridized carbons (Fsp3) is 0.800. The minimum atomic E-state index is -2.82. The summed E-state index contributed by atoms with van der Waals surface area (Å²) in [6.45, 7) is 4.88. The van der Waals surface area contributed by atoms with Gasteiger partial charge >= 0.3 is 12.1 Å². The van der Waals surface area contributed by atoms with E-state index in [4.69, 9.17) is 9.84 Å². The largest absolute Gasteiger partial charge is 0.480 e. The van der Waals surface area contributed by atoms with Crippen LogP contribution >= 0.6 is 0 Å². The maximum absolute atomic E-state index is 12.3. The van der Waals surface area contributed by atoms with E-state index in [2.05, 4.69) is 0 Å². The Balaban J connectivity index is 4.80. The number of halogens is 2. The Morgan fingerprint density at radius 3 is 2.12 bits per heavy atom. The van der Waals surface area contributed by atoms with Gasteiger partial charge in [-0.2, -0.15) is 0 Å². The quantitative estimate of drug-likeness (QED) is 0.831. The molecule has 0 aliphatic carbocycles. The highest BCUT2D eigenvalue weighted by molar-refractivity contribution is 5.79. The highest BCUT2D eigenvalue weighted by atomic mass is 19.3. The first-order chi connectivity index (χ1) is 7.54. The first kappa shape index (κ1) is 15.6. The topological polar surface area (TPSA) is 66.8 Å². The fourth-order valence-corrected chi connectivity index (χ4v) is 0.993. The monoisotopic (exact) mass is 253 g/mol. The Kier molecular flexibility index (Phi) is 5.31. The van der Waals surface area contributed by atoms with E-state index in [9.17, 15) is 18.4 Å². The van der Waals surface area contributed by atoms with Crippen LogP contribution in [0.5, 0.6) is 0 Å². The molecule has 100 valence electrons. The van der Waals surface area contributed by atoms with Gasteiger partial charge in [0.1, 0.15) is 11.6 Å². The number of ether oxygens (including phenoxy) is 1. The van der Waals surface area contributed by atoms with Gasteiger partial charge in [-0.3, -0.25) is 4.90 Å². The van der Waals surface area contributed by atoms with Gasteiger partial charge < -0.3 is 9.84 Å². The van der Waals surface area contributed by atoms with Gasteiger partial charge in [-0.05, 0) is 27.7 Å². The van der Waals surface area contributed by atoms with Crippen LogP contribution in [0.25, 0.3) is 0 Å². The van der Waals surface area contributed by atoms with Gasteiger partial charge in [0.15, 0.2) is 0 Å². The first-order valence-corrected chi connectivity index (χ1v) is 5.05. The summed E-state index contributed by atoms with van der Waals surface area (Å²) in [4.78, 5) is 22.7. The van der Waals surface area contributed by atoms with E-state index >= 15 is 0 Å². The molecule has 0 heterocycles. The first-order valence-electron chi connectivity index (χ1n) is 5.05. The zero-order chi connectivity index (χ0) is 13.8. The molecule has 0 aromatic heterocycles. The molecule has 1 N–H and O–H groups in total. The van der Waals surface area contributed by atoms with Crippen molar-refractivity contribution in [2.45, 2.75) is 45.8 Å². The third kappa shape index (κ3) is 6.03. The van der Waals surface area contributed by atoms with Crippen molar-refractivity contribution in [3.8, 4) is 0 Å². The molecule has 1 amide bonds. The number of carboxylic acids is 1. The maximum Gasteiger partial charge on any atom is 0.411 e. The van der Waals surface area contributed by atoms with Crippen LogP contribution in [-0.4, -0.2) is 46.7 Å². The summed E-state index contributed by atoms with van der Waals surface area (Å²) in [7, 11) is 0. The second-order valence-corrected chi connectivity index (χ2v) is 4.54. The van der Waals surface area contributed by atoms with Crippen molar-refractivity contribution < 1.29 is 28.2 Å². The Hall–Kier alpha value is -1.40. The average Bonchev–Trinajstić information content (AvgIpc) is 2.09. The van der Waals surface area contributed by atoms with Gasteiger partial charge in [-0.15, -0.1) is 0 Å². The predicted molar refractivity (Wildman–Crippen MR) is 56.0 cm³/mol. The Labute approximate surface area is 98.3 Å². The number of carbonyl (C=O) groups excluding carboxylic acids is 1. The molecule has 0 radical (unpaired) electrons. The van der Waals surface area contributed by atoms with Crippen molar-refractivity contribution in [1.82, 2.24) is 4.90 Å². The average molecular weight is 253 g/mol. The molecule has 0 saturated heterocycles. The van der Waals surface area contributed by atoms with Crippen molar-refractivity contribution in [2.24, 2.45) is 0 Å². The van der Waals surface area contributed by atoms with E-state index in [0.29, 0.717) is 4.90 Å². The Morgan fingerprint density at radius 1 is 1.35 bits per heavy atom. The lowest BCUT2D eigenvalue weighted by molar-refractivity contribution is -0.143. The van der Waals surface area contributed by atoms with E-state index in [1.165, 1.54) is 0 Å². The highest BCUT2D eigenvalue weighted by Crippen LogP contribution is 2.13. The molecule has 1 atom stereocenters. The van der Waals surface area contributed by atoms with Crippen LogP contribution in [0.1, 0.15) is 27.7 Å². The molecule has 0 rings (SSSR count). The minimum Gasteiger partial charge on any atom is -0.480 e. The SMILES string of the molecule is CC(C(=O)O)N(CC(F)F)C(=O)OC(C)(C)C. The molecule has 0 aromatic carbocycles. The van der Waals surface area contributed by atoms with E-state index in [-0.39, 0.29) is 0 Å². The van der Waals surface area contributed by atoms with Crippen LogP contribution in [0.15, 0.2) is 0 Å². The van der Waals surface area contributed by atoms with Gasteiger partial charge in [0.2, 0.25) is 0 Å². The van der Waals surface area contributed by atoms with Crippen molar-refractivity contribution in [3.63, 3.8) is 0 Å². The molecule has 17 heavy (non-hydrogen) atoms. The van der Waals surface area contributed by atoms with E-state index < -0.39 is 36.7 Å². The number of nitrogens with zero attached hydrogens (tertiary/aromatic N) is 1. The predicted octanol–water partition coefficient (Wildman–Crippen LogP) is 1.96. The van der Waals surface area contributed by atoms with Crippen LogP contribution in [0.3, 0.4) is 0 Å². The molecule has 0 aromatic rings. The van der Waals surface area contributed by atoms with Crippen LogP contribution in [0.4, 0.5) is 13.6 Å². The summed E-state index contributed by atoms with van der Waals surface area (Å²) >= 11 is 0. The van der Waals surface area contributed by atoms with Gasteiger partial charge in [-0.1, -0.05) is 0 Å². The maximum atomic E-state index is 12.3. The normalized spacial score (nSPS) is 13.4. The van der Waals surface area contributed by atoms with Gasteiger partial charge in [0, 0.05) is 0 Å². The molecule has 7 heteroatoms. The number of alkyl halides is 2. The molecule has 0 fully saturated rings. The molecule has 0 spiro atoms. The molecule has 1 unspecified atom stereocenters. The van der Waals surface area contributed by atoms with E-state index in [1.807, 2.05) is 0 Å². The van der Waals surface area contributed by atoms with Crippen LogP contribution < -0.4 is 0 Å². The fourth-order valence-electron chi connectivity index (χ4n) is 0.993. The summed E-state index contributed by atoms with van der Waals surface area (Å²) in [5.74, 6) is -1.36. The molecular weight excluding hydrogens is 236 g/mol. The molecule has 0 saturated carbocycles. The molecule has 0 aliphatic rings. The van der Waals surface area contributed by atoms with Gasteiger partial charge in [-0.25, -0.2) is 18.4 Å². The second-order valence-electron chi connectivity index (χ2n) is 4.54. The number of amides is 1. The second kappa shape index (κ2) is 5.79. The number of hydrogen-bond donors (Lipinski definition) is 1. The lowest BCUT2D eigenvalue weighted by Crippen LogP contribution is -2.47. The summed E-state index contributed by atoms with van der Waals surface area (Å²) in [5.41, 5.74) is -0.865. The summed E-state index contributed by atoms with van der Waals surface area (Å²) in [5, 5.41) is 8.72. The Morgan fingerprint density at radius 2 is 1.82 bits per heavy atom. The smallest absolute Gasteiger partial charge is 0.411 e. The van der Waals surface area contributed by atoms with Gasteiger partial charge in [0.25, 0.3) is 6.43 Å². The van der Waals surface area contributed by atoms with Gasteiger partial charge in [0.05, 0.1) is 6.54 Å². The van der Waals surface area contributed by atoms with Crippen molar-refractivity contribution in [3.05, 3.63) is 0 Å². The molecule has 0 aliphatic heterocycles. The number of hydrogen-bond acceptors (Lipinski definition) is 3. The Bertz CT molecular complexity index is 289. The standard InChI is InChI=1S/C10H17F2NO4/c1-6(8(14)15)13(5-7(11)12)9(16)17-10(2,3)4/h6-7H,5H2,1-4H3,(H,14,15). The summed E-state index contributed by atoms with van der Waals surface area (Å²) in [6, 6.07) is -1.36. The summed E-state index contributed by atoms with van der Waals surface area (Å²) in [6.07, 6.45) is -3.88. The van der Waals surface area contributed by atoms with Crippen LogP contribution in [0, 0.1) is 0 Å². The zero-order valence-electron chi connectivity index (χ0n) is 10.2. The third-order valence-electron chi connectivity index (χ3n) is 1.79. The van der Waals surface area contributed by atoms with E-state index in [0.717, 1.165) is 6.92 Å².